The second-order valence-electron chi connectivity index (χ2n) is 4.46. The third-order valence-electron chi connectivity index (χ3n) is 3.15. The average molecular weight is 267 g/mol. The third-order valence-corrected chi connectivity index (χ3v) is 3.47. The quantitative estimate of drug-likeness (QED) is 0.767. The zero-order valence-corrected chi connectivity index (χ0v) is 11.2. The third kappa shape index (κ3) is 2.48. The number of nitrogens with zero attached hydrogens (tertiary/aromatic N) is 2. The summed E-state index contributed by atoms with van der Waals surface area (Å²) in [6.07, 6.45) is 0. The molecule has 0 aliphatic carbocycles. The second kappa shape index (κ2) is 4.98. The lowest BCUT2D eigenvalue weighted by atomic mass is 10.1. The van der Waals surface area contributed by atoms with Crippen LogP contribution in [0.5, 0.6) is 0 Å². The normalized spacial score (nSPS) is 16.1. The molecule has 4 nitrogen and oxygen atoms in total. The lowest BCUT2D eigenvalue weighted by molar-refractivity contribution is -0.129. The maximum absolute atomic E-state index is 11.6. The Labute approximate surface area is 111 Å². The summed E-state index contributed by atoms with van der Waals surface area (Å²) >= 11 is 6.07. The molecule has 1 heterocycles. The number of hydrogen-bond donors (Lipinski definition) is 0. The molecular formula is C13H15ClN2O2. The number of hydrogen-bond acceptors (Lipinski definition) is 3. The smallest absolute Gasteiger partial charge is 0.241 e. The number of anilines is 1. The number of Topliss-reactive ketones (excluding diaryl/α,β-unsaturated/α-hetero) is 1. The van der Waals surface area contributed by atoms with Gasteiger partial charge in [-0.05, 0) is 25.1 Å². The van der Waals surface area contributed by atoms with Gasteiger partial charge in [-0.15, -0.1) is 0 Å². The van der Waals surface area contributed by atoms with Gasteiger partial charge in [-0.25, -0.2) is 0 Å². The molecule has 0 saturated carbocycles. The Balaban J connectivity index is 2.22. The largest absolute Gasteiger partial charge is 0.360 e. The SMILES string of the molecule is CC(=O)c1ccc(N2CCN(C)C(=O)C2)cc1Cl. The molecule has 1 fully saturated rings. The van der Waals surface area contributed by atoms with Crippen LogP contribution < -0.4 is 4.90 Å². The van der Waals surface area contributed by atoms with E-state index in [0.29, 0.717) is 23.7 Å². The summed E-state index contributed by atoms with van der Waals surface area (Å²) in [7, 11) is 1.80. The summed E-state index contributed by atoms with van der Waals surface area (Å²) in [6, 6.07) is 5.29. The monoisotopic (exact) mass is 266 g/mol. The van der Waals surface area contributed by atoms with Crippen molar-refractivity contribution in [3.63, 3.8) is 0 Å². The topological polar surface area (TPSA) is 40.6 Å². The van der Waals surface area contributed by atoms with Crippen LogP contribution in [0.3, 0.4) is 0 Å². The van der Waals surface area contributed by atoms with E-state index in [1.807, 2.05) is 11.0 Å². The highest BCUT2D eigenvalue weighted by Gasteiger charge is 2.21. The molecule has 1 aromatic carbocycles. The Morgan fingerprint density at radius 1 is 1.33 bits per heavy atom. The van der Waals surface area contributed by atoms with Gasteiger partial charge in [-0.1, -0.05) is 11.6 Å². The lowest BCUT2D eigenvalue weighted by Crippen LogP contribution is -2.48. The van der Waals surface area contributed by atoms with E-state index in [1.54, 1.807) is 24.1 Å². The van der Waals surface area contributed by atoms with E-state index in [2.05, 4.69) is 0 Å². The van der Waals surface area contributed by atoms with Gasteiger partial charge in [0.05, 0.1) is 11.6 Å². The Morgan fingerprint density at radius 2 is 2.06 bits per heavy atom. The van der Waals surface area contributed by atoms with Crippen molar-refractivity contribution in [1.29, 1.82) is 0 Å². The number of rotatable bonds is 2. The summed E-state index contributed by atoms with van der Waals surface area (Å²) in [6.45, 7) is 3.31. The zero-order chi connectivity index (χ0) is 13.3. The summed E-state index contributed by atoms with van der Waals surface area (Å²) < 4.78 is 0. The fourth-order valence-corrected chi connectivity index (χ4v) is 2.27. The Kier molecular flexibility index (Phi) is 3.57. The van der Waals surface area contributed by atoms with E-state index in [1.165, 1.54) is 6.92 Å². The Morgan fingerprint density at radius 3 is 2.61 bits per heavy atom. The number of benzene rings is 1. The minimum atomic E-state index is -0.0546. The van der Waals surface area contributed by atoms with Gasteiger partial charge in [0.2, 0.25) is 5.91 Å². The first-order valence-corrected chi connectivity index (χ1v) is 6.16. The standard InChI is InChI=1S/C13H15ClN2O2/c1-9(17)11-4-3-10(7-12(11)14)16-6-5-15(2)13(18)8-16/h3-4,7H,5-6,8H2,1-2H3. The first kappa shape index (κ1) is 12.9. The van der Waals surface area contributed by atoms with Gasteiger partial charge in [0.1, 0.15) is 0 Å². The molecule has 0 unspecified atom stereocenters. The lowest BCUT2D eigenvalue weighted by Gasteiger charge is -2.33. The Hall–Kier alpha value is -1.55. The van der Waals surface area contributed by atoms with E-state index < -0.39 is 0 Å². The maximum atomic E-state index is 11.6. The fraction of sp³-hybridized carbons (Fsp3) is 0.385. The summed E-state index contributed by atoms with van der Waals surface area (Å²) in [5.74, 6) is 0.0361. The van der Waals surface area contributed by atoms with Gasteiger partial charge < -0.3 is 9.80 Å². The molecule has 1 saturated heterocycles. The van der Waals surface area contributed by atoms with E-state index in [0.717, 1.165) is 12.2 Å². The van der Waals surface area contributed by atoms with Crippen molar-refractivity contribution in [2.75, 3.05) is 31.6 Å². The molecule has 1 aliphatic heterocycles. The first-order chi connectivity index (χ1) is 8.49. The van der Waals surface area contributed by atoms with Gasteiger partial charge in [-0.2, -0.15) is 0 Å². The molecule has 0 N–H and O–H groups in total. The van der Waals surface area contributed by atoms with Crippen LogP contribution in [0.25, 0.3) is 0 Å². The molecule has 0 bridgehead atoms. The van der Waals surface area contributed by atoms with Crippen molar-refractivity contribution in [3.05, 3.63) is 28.8 Å². The summed E-state index contributed by atoms with van der Waals surface area (Å²) in [5.41, 5.74) is 1.40. The van der Waals surface area contributed by atoms with Crippen LogP contribution in [-0.2, 0) is 4.79 Å². The highest BCUT2D eigenvalue weighted by Crippen LogP contribution is 2.25. The van der Waals surface area contributed by atoms with Crippen molar-refractivity contribution < 1.29 is 9.59 Å². The predicted molar refractivity (Wildman–Crippen MR) is 71.3 cm³/mol. The van der Waals surface area contributed by atoms with Crippen molar-refractivity contribution in [3.8, 4) is 0 Å². The van der Waals surface area contributed by atoms with Crippen LogP contribution in [0.15, 0.2) is 18.2 Å². The molecule has 0 radical (unpaired) electrons. The summed E-state index contributed by atoms with van der Waals surface area (Å²) in [5, 5.41) is 0.436. The number of likely N-dealkylation sites (N-methyl/N-ethyl adjacent to an activating group) is 1. The first-order valence-electron chi connectivity index (χ1n) is 5.78. The molecule has 96 valence electrons. The molecule has 0 aromatic heterocycles. The number of carbonyl (C=O) groups is 2. The van der Waals surface area contributed by atoms with Crippen molar-refractivity contribution in [1.82, 2.24) is 4.90 Å². The van der Waals surface area contributed by atoms with Crippen LogP contribution in [0.4, 0.5) is 5.69 Å². The Bertz CT molecular complexity index is 502. The van der Waals surface area contributed by atoms with Gasteiger partial charge in [0.25, 0.3) is 0 Å². The molecule has 5 heteroatoms. The van der Waals surface area contributed by atoms with E-state index in [9.17, 15) is 9.59 Å². The van der Waals surface area contributed by atoms with E-state index >= 15 is 0 Å². The number of ketones is 1. The zero-order valence-electron chi connectivity index (χ0n) is 10.4. The summed E-state index contributed by atoms with van der Waals surface area (Å²) in [4.78, 5) is 26.6. The molecule has 0 atom stereocenters. The molecule has 18 heavy (non-hydrogen) atoms. The molecule has 1 amide bonds. The van der Waals surface area contributed by atoms with Crippen LogP contribution in [0.1, 0.15) is 17.3 Å². The van der Waals surface area contributed by atoms with Crippen molar-refractivity contribution >= 4 is 29.0 Å². The average Bonchev–Trinajstić information content (AvgIpc) is 2.32. The van der Waals surface area contributed by atoms with Crippen molar-refractivity contribution in [2.24, 2.45) is 0 Å². The number of amides is 1. The molecule has 1 aliphatic rings. The van der Waals surface area contributed by atoms with E-state index in [-0.39, 0.29) is 11.7 Å². The van der Waals surface area contributed by atoms with Gasteiger partial charge in [-0.3, -0.25) is 9.59 Å². The van der Waals surface area contributed by atoms with Crippen LogP contribution in [-0.4, -0.2) is 43.3 Å². The minimum Gasteiger partial charge on any atom is -0.360 e. The number of halogens is 1. The predicted octanol–water partition coefficient (Wildman–Crippen LogP) is 1.82. The van der Waals surface area contributed by atoms with Gasteiger partial charge in [0, 0.05) is 31.4 Å². The highest BCUT2D eigenvalue weighted by atomic mass is 35.5. The molecule has 2 rings (SSSR count). The number of carbonyl (C=O) groups excluding carboxylic acids is 2. The number of piperazine rings is 1. The highest BCUT2D eigenvalue weighted by molar-refractivity contribution is 6.34. The van der Waals surface area contributed by atoms with Crippen LogP contribution in [0, 0.1) is 0 Å². The van der Waals surface area contributed by atoms with Gasteiger partial charge in [0.15, 0.2) is 5.78 Å². The fourth-order valence-electron chi connectivity index (χ4n) is 1.97. The maximum Gasteiger partial charge on any atom is 0.241 e. The minimum absolute atomic E-state index is 0.0546. The van der Waals surface area contributed by atoms with Crippen LogP contribution in [0.2, 0.25) is 5.02 Å². The molecular weight excluding hydrogens is 252 g/mol. The second-order valence-corrected chi connectivity index (χ2v) is 4.86. The van der Waals surface area contributed by atoms with Gasteiger partial charge >= 0.3 is 0 Å². The van der Waals surface area contributed by atoms with E-state index in [4.69, 9.17) is 11.6 Å². The molecule has 1 aromatic rings. The van der Waals surface area contributed by atoms with Crippen LogP contribution >= 0.6 is 11.6 Å². The molecule has 0 spiro atoms. The van der Waals surface area contributed by atoms with Crippen molar-refractivity contribution in [2.45, 2.75) is 6.92 Å².